The number of carbonyl (C=O) groups is 1. The fourth-order valence-electron chi connectivity index (χ4n) is 2.65. The molecule has 1 atom stereocenters. The van der Waals surface area contributed by atoms with Crippen molar-refractivity contribution in [3.8, 4) is 0 Å². The summed E-state index contributed by atoms with van der Waals surface area (Å²) < 4.78 is 0. The van der Waals surface area contributed by atoms with Crippen molar-refractivity contribution >= 4 is 18.3 Å². The van der Waals surface area contributed by atoms with Crippen LogP contribution in [0.4, 0.5) is 0 Å². The average Bonchev–Trinajstić information content (AvgIpc) is 2.46. The Morgan fingerprint density at radius 1 is 1.24 bits per heavy atom. The second kappa shape index (κ2) is 7.28. The number of likely N-dealkylation sites (N-methyl/N-ethyl adjacent to an activating group) is 1. The summed E-state index contributed by atoms with van der Waals surface area (Å²) in [4.78, 5) is 14.4. The van der Waals surface area contributed by atoms with Crippen LogP contribution < -0.4 is 5.32 Å². The maximum absolute atomic E-state index is 12.5. The Bertz CT molecular complexity index is 459. The van der Waals surface area contributed by atoms with Gasteiger partial charge in [-0.25, -0.2) is 0 Å². The number of benzene rings is 1. The standard InChI is InChI=1S/C17H26N2O.ClH/c1-17(2,3)14-9-7-13(8-10-14)16(20)19(4)15-6-5-11-18-12-15;/h7-10,15,18H,5-6,11-12H2,1-4H3;1H. The Hall–Kier alpha value is -1.06. The number of hydrogen-bond acceptors (Lipinski definition) is 2. The molecule has 1 amide bonds. The molecule has 0 saturated carbocycles. The molecule has 0 spiro atoms. The van der Waals surface area contributed by atoms with Crippen molar-refractivity contribution < 1.29 is 4.79 Å². The summed E-state index contributed by atoms with van der Waals surface area (Å²) in [5.41, 5.74) is 2.17. The van der Waals surface area contributed by atoms with Gasteiger partial charge in [0, 0.05) is 25.2 Å². The van der Waals surface area contributed by atoms with E-state index in [0.717, 1.165) is 31.5 Å². The minimum Gasteiger partial charge on any atom is -0.337 e. The number of hydrogen-bond donors (Lipinski definition) is 1. The van der Waals surface area contributed by atoms with Gasteiger partial charge in [-0.3, -0.25) is 4.79 Å². The molecule has 0 aliphatic carbocycles. The van der Waals surface area contributed by atoms with Crippen LogP contribution >= 0.6 is 12.4 Å². The summed E-state index contributed by atoms with van der Waals surface area (Å²) in [6.07, 6.45) is 2.24. The van der Waals surface area contributed by atoms with Gasteiger partial charge in [-0.05, 0) is 42.5 Å². The number of carbonyl (C=O) groups excluding carboxylic acids is 1. The third kappa shape index (κ3) is 4.45. The van der Waals surface area contributed by atoms with Gasteiger partial charge >= 0.3 is 0 Å². The normalized spacial score (nSPS) is 18.8. The highest BCUT2D eigenvalue weighted by Crippen LogP contribution is 2.22. The van der Waals surface area contributed by atoms with Crippen LogP contribution in [0.3, 0.4) is 0 Å². The van der Waals surface area contributed by atoms with E-state index in [9.17, 15) is 4.79 Å². The summed E-state index contributed by atoms with van der Waals surface area (Å²) in [6, 6.07) is 8.37. The van der Waals surface area contributed by atoms with Gasteiger partial charge in [0.1, 0.15) is 0 Å². The van der Waals surface area contributed by atoms with Crippen molar-refractivity contribution in [1.29, 1.82) is 0 Å². The second-order valence-corrected chi connectivity index (χ2v) is 6.74. The van der Waals surface area contributed by atoms with E-state index in [0.29, 0.717) is 6.04 Å². The van der Waals surface area contributed by atoms with Gasteiger partial charge in [-0.1, -0.05) is 32.9 Å². The highest BCUT2D eigenvalue weighted by atomic mass is 35.5. The highest BCUT2D eigenvalue weighted by molar-refractivity contribution is 5.94. The zero-order valence-electron chi connectivity index (χ0n) is 13.5. The first-order valence-corrected chi connectivity index (χ1v) is 7.48. The first-order chi connectivity index (χ1) is 9.39. The Morgan fingerprint density at radius 3 is 2.33 bits per heavy atom. The summed E-state index contributed by atoms with van der Waals surface area (Å²) >= 11 is 0. The summed E-state index contributed by atoms with van der Waals surface area (Å²) in [7, 11) is 1.91. The third-order valence-corrected chi connectivity index (χ3v) is 4.14. The molecule has 21 heavy (non-hydrogen) atoms. The molecule has 1 fully saturated rings. The van der Waals surface area contributed by atoms with E-state index in [1.807, 2.05) is 24.1 Å². The van der Waals surface area contributed by atoms with Crippen LogP contribution in [-0.2, 0) is 5.41 Å². The van der Waals surface area contributed by atoms with Gasteiger partial charge in [0.05, 0.1) is 0 Å². The molecular weight excluding hydrogens is 284 g/mol. The fraction of sp³-hybridized carbons (Fsp3) is 0.588. The Labute approximate surface area is 134 Å². The van der Waals surface area contributed by atoms with Gasteiger partial charge in [0.25, 0.3) is 5.91 Å². The molecule has 0 radical (unpaired) electrons. The van der Waals surface area contributed by atoms with Gasteiger partial charge in [-0.15, -0.1) is 12.4 Å². The van der Waals surface area contributed by atoms with Gasteiger partial charge in [-0.2, -0.15) is 0 Å². The van der Waals surface area contributed by atoms with E-state index in [4.69, 9.17) is 0 Å². The van der Waals surface area contributed by atoms with E-state index in [1.54, 1.807) is 0 Å². The Morgan fingerprint density at radius 2 is 1.86 bits per heavy atom. The van der Waals surface area contributed by atoms with Crippen molar-refractivity contribution in [2.45, 2.75) is 45.1 Å². The van der Waals surface area contributed by atoms with Crippen molar-refractivity contribution in [3.63, 3.8) is 0 Å². The molecule has 0 bridgehead atoms. The van der Waals surface area contributed by atoms with Crippen molar-refractivity contribution in [1.82, 2.24) is 10.2 Å². The van der Waals surface area contributed by atoms with E-state index in [1.165, 1.54) is 5.56 Å². The number of nitrogens with one attached hydrogen (secondary N) is 1. The van der Waals surface area contributed by atoms with Crippen LogP contribution in [0.15, 0.2) is 24.3 Å². The summed E-state index contributed by atoms with van der Waals surface area (Å²) in [5.74, 6) is 0.124. The van der Waals surface area contributed by atoms with Crippen LogP contribution in [0, 0.1) is 0 Å². The van der Waals surface area contributed by atoms with Crippen LogP contribution in [0.1, 0.15) is 49.5 Å². The van der Waals surface area contributed by atoms with E-state index in [-0.39, 0.29) is 23.7 Å². The molecule has 1 aromatic rings. The number of rotatable bonds is 2. The lowest BCUT2D eigenvalue weighted by molar-refractivity contribution is 0.0708. The quantitative estimate of drug-likeness (QED) is 0.909. The molecule has 1 unspecified atom stereocenters. The van der Waals surface area contributed by atoms with Crippen LogP contribution in [0.2, 0.25) is 0 Å². The Kier molecular flexibility index (Phi) is 6.24. The predicted octanol–water partition coefficient (Wildman–Crippen LogP) is 3.23. The monoisotopic (exact) mass is 310 g/mol. The molecule has 1 saturated heterocycles. The number of nitrogens with zero attached hydrogens (tertiary/aromatic N) is 1. The highest BCUT2D eigenvalue weighted by Gasteiger charge is 2.23. The lowest BCUT2D eigenvalue weighted by Crippen LogP contribution is -2.46. The first kappa shape index (κ1) is 18.0. The maximum Gasteiger partial charge on any atom is 0.253 e. The minimum atomic E-state index is 0. The van der Waals surface area contributed by atoms with Crippen LogP contribution in [0.5, 0.6) is 0 Å². The zero-order valence-corrected chi connectivity index (χ0v) is 14.3. The molecule has 1 N–H and O–H groups in total. The van der Waals surface area contributed by atoms with E-state index >= 15 is 0 Å². The number of piperidine rings is 1. The molecule has 118 valence electrons. The molecule has 1 aliphatic heterocycles. The Balaban J connectivity index is 0.00000220. The maximum atomic E-state index is 12.5. The number of amides is 1. The predicted molar refractivity (Wildman–Crippen MR) is 90.4 cm³/mol. The number of halogens is 1. The van der Waals surface area contributed by atoms with Gasteiger partial charge in [0.2, 0.25) is 0 Å². The molecule has 1 aliphatic rings. The second-order valence-electron chi connectivity index (χ2n) is 6.74. The van der Waals surface area contributed by atoms with E-state index in [2.05, 4.69) is 38.2 Å². The topological polar surface area (TPSA) is 32.3 Å². The zero-order chi connectivity index (χ0) is 14.8. The molecule has 3 nitrogen and oxygen atoms in total. The van der Waals surface area contributed by atoms with Crippen molar-refractivity contribution in [2.24, 2.45) is 0 Å². The van der Waals surface area contributed by atoms with Crippen molar-refractivity contribution in [3.05, 3.63) is 35.4 Å². The summed E-state index contributed by atoms with van der Waals surface area (Å²) in [6.45, 7) is 8.53. The average molecular weight is 311 g/mol. The van der Waals surface area contributed by atoms with E-state index < -0.39 is 0 Å². The summed E-state index contributed by atoms with van der Waals surface area (Å²) in [5, 5.41) is 3.36. The largest absolute Gasteiger partial charge is 0.337 e. The molecular formula is C17H27ClN2O. The lowest BCUT2D eigenvalue weighted by atomic mass is 9.86. The molecule has 1 aromatic carbocycles. The van der Waals surface area contributed by atoms with Crippen LogP contribution in [-0.4, -0.2) is 37.0 Å². The van der Waals surface area contributed by atoms with Crippen LogP contribution in [0.25, 0.3) is 0 Å². The SMILES string of the molecule is CN(C(=O)c1ccc(C(C)(C)C)cc1)C1CCCNC1.Cl. The van der Waals surface area contributed by atoms with Gasteiger partial charge in [0.15, 0.2) is 0 Å². The lowest BCUT2D eigenvalue weighted by Gasteiger charge is -2.32. The fourth-order valence-corrected chi connectivity index (χ4v) is 2.65. The van der Waals surface area contributed by atoms with Crippen molar-refractivity contribution in [2.75, 3.05) is 20.1 Å². The molecule has 0 aromatic heterocycles. The van der Waals surface area contributed by atoms with Gasteiger partial charge < -0.3 is 10.2 Å². The minimum absolute atomic E-state index is 0. The molecule has 1 heterocycles. The molecule has 4 heteroatoms. The smallest absolute Gasteiger partial charge is 0.253 e. The first-order valence-electron chi connectivity index (χ1n) is 7.48. The molecule has 2 rings (SSSR count). The third-order valence-electron chi connectivity index (χ3n) is 4.14.